The Morgan fingerprint density at radius 3 is 2.43 bits per heavy atom. The number of hydrogen-bond acceptors (Lipinski definition) is 5. The van der Waals surface area contributed by atoms with Crippen molar-refractivity contribution in [2.75, 3.05) is 14.2 Å². The summed E-state index contributed by atoms with van der Waals surface area (Å²) < 4.78 is 8.96. The third kappa shape index (κ3) is 1.79. The third-order valence-electron chi connectivity index (χ3n) is 2.21. The molecular weight excluding hydrogens is 190 g/mol. The van der Waals surface area contributed by atoms with Crippen molar-refractivity contribution in [1.82, 2.24) is 4.90 Å². The van der Waals surface area contributed by atoms with Gasteiger partial charge < -0.3 is 14.6 Å². The summed E-state index contributed by atoms with van der Waals surface area (Å²) in [7, 11) is 2.43. The molecule has 80 valence electrons. The van der Waals surface area contributed by atoms with E-state index in [0.717, 1.165) is 4.90 Å². The highest BCUT2D eigenvalue weighted by atomic mass is 16.6. The normalized spacial score (nSPS) is 26.1. The molecule has 1 unspecified atom stereocenters. The number of likely N-dealkylation sites (tertiary alicyclic amines) is 1. The molecule has 1 saturated heterocycles. The molecule has 1 amide bonds. The van der Waals surface area contributed by atoms with Crippen LogP contribution in [0.1, 0.15) is 12.8 Å². The van der Waals surface area contributed by atoms with Crippen molar-refractivity contribution in [3.63, 3.8) is 0 Å². The first-order chi connectivity index (χ1) is 6.61. The standard InChI is InChI=1S/C8H13NO5/c1-13-7(11)5-3-4-6(10)9(5)8(12)14-2/h5-6,10H,3-4H2,1-2H3/t5-,6?/m0/s1. The zero-order chi connectivity index (χ0) is 10.7. The van der Waals surface area contributed by atoms with Gasteiger partial charge in [0.25, 0.3) is 0 Å². The molecule has 0 radical (unpaired) electrons. The van der Waals surface area contributed by atoms with Crippen molar-refractivity contribution >= 4 is 12.1 Å². The first-order valence-electron chi connectivity index (χ1n) is 4.24. The average Bonchev–Trinajstić information content (AvgIpc) is 2.58. The van der Waals surface area contributed by atoms with E-state index in [9.17, 15) is 14.7 Å². The lowest BCUT2D eigenvalue weighted by Crippen LogP contribution is -2.45. The molecule has 0 aliphatic carbocycles. The molecule has 1 aliphatic rings. The van der Waals surface area contributed by atoms with Crippen LogP contribution < -0.4 is 0 Å². The molecule has 0 bridgehead atoms. The van der Waals surface area contributed by atoms with Crippen molar-refractivity contribution in [2.24, 2.45) is 0 Å². The van der Waals surface area contributed by atoms with Gasteiger partial charge in [0.1, 0.15) is 12.3 Å². The number of hydrogen-bond donors (Lipinski definition) is 1. The highest BCUT2D eigenvalue weighted by molar-refractivity contribution is 5.82. The number of ether oxygens (including phenoxy) is 2. The van der Waals surface area contributed by atoms with Gasteiger partial charge in [0.15, 0.2) is 0 Å². The summed E-state index contributed by atoms with van der Waals surface area (Å²) in [6, 6.07) is -0.734. The molecule has 0 saturated carbocycles. The molecule has 0 aromatic heterocycles. The largest absolute Gasteiger partial charge is 0.467 e. The fraction of sp³-hybridized carbons (Fsp3) is 0.750. The Kier molecular flexibility index (Phi) is 3.29. The molecule has 14 heavy (non-hydrogen) atoms. The molecule has 1 N–H and O–H groups in total. The number of amides is 1. The average molecular weight is 203 g/mol. The Hall–Kier alpha value is -1.30. The molecule has 6 nitrogen and oxygen atoms in total. The SMILES string of the molecule is COC(=O)[C@@H]1CCC(O)N1C(=O)OC. The Morgan fingerprint density at radius 2 is 1.93 bits per heavy atom. The minimum absolute atomic E-state index is 0.356. The summed E-state index contributed by atoms with van der Waals surface area (Å²) in [5.41, 5.74) is 0. The van der Waals surface area contributed by atoms with E-state index in [1.807, 2.05) is 0 Å². The number of methoxy groups -OCH3 is 2. The number of aliphatic hydroxyl groups excluding tert-OH is 1. The highest BCUT2D eigenvalue weighted by Gasteiger charge is 2.41. The first-order valence-corrected chi connectivity index (χ1v) is 4.24. The monoisotopic (exact) mass is 203 g/mol. The van der Waals surface area contributed by atoms with Crippen LogP contribution in [-0.4, -0.2) is 48.6 Å². The highest BCUT2D eigenvalue weighted by Crippen LogP contribution is 2.23. The van der Waals surface area contributed by atoms with E-state index < -0.39 is 24.3 Å². The van der Waals surface area contributed by atoms with Gasteiger partial charge in [-0.2, -0.15) is 0 Å². The number of carbonyl (C=O) groups excluding carboxylic acids is 2. The minimum Gasteiger partial charge on any atom is -0.467 e. The number of aliphatic hydroxyl groups is 1. The number of nitrogens with zero attached hydrogens (tertiary/aromatic N) is 1. The number of rotatable bonds is 1. The van der Waals surface area contributed by atoms with E-state index in [1.54, 1.807) is 0 Å². The van der Waals surface area contributed by atoms with Gasteiger partial charge in [-0.3, -0.25) is 4.90 Å². The second kappa shape index (κ2) is 4.28. The van der Waals surface area contributed by atoms with Gasteiger partial charge in [0.05, 0.1) is 14.2 Å². The number of esters is 1. The molecule has 1 fully saturated rings. The van der Waals surface area contributed by atoms with Crippen LogP contribution in [0.2, 0.25) is 0 Å². The van der Waals surface area contributed by atoms with Crippen LogP contribution in [0.15, 0.2) is 0 Å². The smallest absolute Gasteiger partial charge is 0.412 e. The third-order valence-corrected chi connectivity index (χ3v) is 2.21. The van der Waals surface area contributed by atoms with Gasteiger partial charge in [0, 0.05) is 0 Å². The van der Waals surface area contributed by atoms with Gasteiger partial charge in [-0.05, 0) is 12.8 Å². The van der Waals surface area contributed by atoms with E-state index >= 15 is 0 Å². The lowest BCUT2D eigenvalue weighted by molar-refractivity contribution is -0.147. The summed E-state index contributed by atoms with van der Waals surface area (Å²) in [6.07, 6.45) is -0.936. The molecule has 0 aromatic rings. The Morgan fingerprint density at radius 1 is 1.29 bits per heavy atom. The maximum absolute atomic E-state index is 11.2. The molecule has 1 rings (SSSR count). The fourth-order valence-electron chi connectivity index (χ4n) is 1.51. The van der Waals surface area contributed by atoms with Crippen LogP contribution in [-0.2, 0) is 14.3 Å². The summed E-state index contributed by atoms with van der Waals surface area (Å²) in [6.45, 7) is 0. The van der Waals surface area contributed by atoms with E-state index in [1.165, 1.54) is 14.2 Å². The molecule has 6 heteroatoms. The second-order valence-corrected chi connectivity index (χ2v) is 2.97. The Bertz CT molecular complexity index is 242. The predicted molar refractivity (Wildman–Crippen MR) is 45.3 cm³/mol. The van der Waals surface area contributed by atoms with Crippen molar-refractivity contribution in [2.45, 2.75) is 25.1 Å². The lowest BCUT2D eigenvalue weighted by atomic mass is 10.2. The van der Waals surface area contributed by atoms with E-state index in [0.29, 0.717) is 12.8 Å². The van der Waals surface area contributed by atoms with Crippen LogP contribution in [0, 0.1) is 0 Å². The van der Waals surface area contributed by atoms with Crippen LogP contribution >= 0.6 is 0 Å². The van der Waals surface area contributed by atoms with Gasteiger partial charge >= 0.3 is 12.1 Å². The lowest BCUT2D eigenvalue weighted by Gasteiger charge is -2.23. The summed E-state index contributed by atoms with van der Waals surface area (Å²) >= 11 is 0. The Balaban J connectivity index is 2.76. The summed E-state index contributed by atoms with van der Waals surface area (Å²) in [5, 5.41) is 9.42. The zero-order valence-corrected chi connectivity index (χ0v) is 8.10. The topological polar surface area (TPSA) is 76.1 Å². The van der Waals surface area contributed by atoms with Gasteiger partial charge in [0.2, 0.25) is 0 Å². The van der Waals surface area contributed by atoms with Gasteiger partial charge in [-0.15, -0.1) is 0 Å². The van der Waals surface area contributed by atoms with Crippen LogP contribution in [0.5, 0.6) is 0 Å². The van der Waals surface area contributed by atoms with E-state index in [2.05, 4.69) is 9.47 Å². The Labute approximate surface area is 81.4 Å². The molecule has 1 heterocycles. The maximum atomic E-state index is 11.2. The minimum atomic E-state index is -0.966. The van der Waals surface area contributed by atoms with E-state index in [-0.39, 0.29) is 0 Å². The molecule has 0 spiro atoms. The summed E-state index contributed by atoms with van der Waals surface area (Å²) in [4.78, 5) is 23.4. The fourth-order valence-corrected chi connectivity index (χ4v) is 1.51. The number of carbonyl (C=O) groups is 2. The van der Waals surface area contributed by atoms with Crippen molar-refractivity contribution < 1.29 is 24.2 Å². The van der Waals surface area contributed by atoms with E-state index in [4.69, 9.17) is 0 Å². The molecule has 2 atom stereocenters. The van der Waals surface area contributed by atoms with Crippen molar-refractivity contribution in [1.29, 1.82) is 0 Å². The molecule has 0 aromatic carbocycles. The maximum Gasteiger partial charge on any atom is 0.412 e. The second-order valence-electron chi connectivity index (χ2n) is 2.97. The first kappa shape index (κ1) is 10.8. The van der Waals surface area contributed by atoms with Gasteiger partial charge in [-0.25, -0.2) is 9.59 Å². The van der Waals surface area contributed by atoms with Crippen molar-refractivity contribution in [3.05, 3.63) is 0 Å². The summed E-state index contributed by atoms with van der Waals surface area (Å²) in [5.74, 6) is -0.535. The van der Waals surface area contributed by atoms with Crippen LogP contribution in [0.25, 0.3) is 0 Å². The van der Waals surface area contributed by atoms with Crippen LogP contribution in [0.3, 0.4) is 0 Å². The van der Waals surface area contributed by atoms with Crippen molar-refractivity contribution in [3.8, 4) is 0 Å². The zero-order valence-electron chi connectivity index (χ0n) is 8.10. The molecular formula is C8H13NO5. The van der Waals surface area contributed by atoms with Gasteiger partial charge in [-0.1, -0.05) is 0 Å². The predicted octanol–water partition coefficient (Wildman–Crippen LogP) is -0.291. The van der Waals surface area contributed by atoms with Crippen LogP contribution in [0.4, 0.5) is 4.79 Å². The quantitative estimate of drug-likeness (QED) is 0.592. The molecule has 1 aliphatic heterocycles.